The number of aryl methyl sites for hydroxylation is 2. The fraction of sp³-hybridized carbons (Fsp3) is 0.429. The molecule has 8 atom stereocenters. The number of aliphatic hydroxyl groups is 2. The predicted molar refractivity (Wildman–Crippen MR) is 251 cm³/mol. The van der Waals surface area contributed by atoms with Crippen molar-refractivity contribution in [3.05, 3.63) is 118 Å². The molecule has 0 saturated carbocycles. The van der Waals surface area contributed by atoms with Crippen molar-refractivity contribution >= 4 is 46.3 Å². The van der Waals surface area contributed by atoms with Crippen LogP contribution in [0.1, 0.15) is 98.0 Å². The first-order valence-corrected chi connectivity index (χ1v) is 24.3. The number of carbonyl (C=O) groups excluding carboxylic acids is 4. The molecule has 6 heterocycles. The number of likely N-dealkylation sites (tertiary alicyclic amines) is 2. The third kappa shape index (κ3) is 10.6. The minimum Gasteiger partial charge on any atom is -0.391 e. The molecule has 16 nitrogen and oxygen atoms in total. The molecule has 0 radical (unpaired) electrons. The lowest BCUT2D eigenvalue weighted by molar-refractivity contribution is -0.141. The Morgan fingerprint density at radius 3 is 1.87 bits per heavy atom. The van der Waals surface area contributed by atoms with Crippen molar-refractivity contribution in [1.82, 2.24) is 40.7 Å². The third-order valence-electron chi connectivity index (χ3n) is 12.8. The number of thiazole rings is 2. The van der Waals surface area contributed by atoms with E-state index in [1.165, 1.54) is 21.1 Å². The van der Waals surface area contributed by atoms with Crippen LogP contribution < -0.4 is 10.6 Å². The molecule has 4 amide bonds. The lowest BCUT2D eigenvalue weighted by Gasteiger charge is -2.31. The molecule has 4 aromatic heterocycles. The number of nitrogens with zero attached hydrogens (tertiary/aromatic N) is 6. The van der Waals surface area contributed by atoms with Gasteiger partial charge in [0.2, 0.25) is 23.6 Å². The number of hydrogen-bond acceptors (Lipinski definition) is 14. The zero-order chi connectivity index (χ0) is 47.5. The number of hydrogen-bond donors (Lipinski definition) is 4. The van der Waals surface area contributed by atoms with Crippen molar-refractivity contribution < 1.29 is 38.4 Å². The van der Waals surface area contributed by atoms with Crippen LogP contribution in [0.25, 0.3) is 20.9 Å². The second kappa shape index (κ2) is 20.4. The van der Waals surface area contributed by atoms with Crippen molar-refractivity contribution in [1.29, 1.82) is 0 Å². The summed E-state index contributed by atoms with van der Waals surface area (Å²) >= 11 is 3.02. The van der Waals surface area contributed by atoms with E-state index in [-0.39, 0.29) is 68.1 Å². The fourth-order valence-corrected chi connectivity index (χ4v) is 10.7. The Kier molecular flexibility index (Phi) is 14.5. The van der Waals surface area contributed by atoms with Crippen LogP contribution in [0.15, 0.2) is 87.1 Å². The van der Waals surface area contributed by atoms with Crippen LogP contribution in [0.5, 0.6) is 0 Å². The Hall–Kier alpha value is -6.08. The second-order valence-corrected chi connectivity index (χ2v) is 20.0. The number of rotatable bonds is 16. The Morgan fingerprint density at radius 1 is 0.746 bits per heavy atom. The molecule has 2 aliphatic heterocycles. The Labute approximate surface area is 396 Å². The Morgan fingerprint density at radius 2 is 1.31 bits per heavy atom. The highest BCUT2D eigenvalue weighted by Gasteiger charge is 2.45. The largest absolute Gasteiger partial charge is 0.391 e. The summed E-state index contributed by atoms with van der Waals surface area (Å²) in [4.78, 5) is 70.2. The van der Waals surface area contributed by atoms with Crippen LogP contribution in [-0.2, 0) is 32.1 Å². The van der Waals surface area contributed by atoms with Gasteiger partial charge in [-0.2, -0.15) is 0 Å². The predicted octanol–water partition coefficient (Wildman–Crippen LogP) is 6.35. The minimum absolute atomic E-state index is 0.0216. The number of aliphatic hydroxyl groups excluding tert-OH is 2. The number of benzene rings is 2. The van der Waals surface area contributed by atoms with Gasteiger partial charge < -0.3 is 39.7 Å². The number of amides is 4. The summed E-state index contributed by atoms with van der Waals surface area (Å²) in [6, 6.07) is 15.1. The fourth-order valence-electron chi connectivity index (χ4n) is 9.38. The van der Waals surface area contributed by atoms with Crippen molar-refractivity contribution in [2.45, 2.75) is 110 Å². The van der Waals surface area contributed by atoms with Crippen LogP contribution in [0.4, 0.5) is 0 Å². The molecule has 18 heteroatoms. The highest BCUT2D eigenvalue weighted by Crippen LogP contribution is 2.37. The lowest BCUT2D eigenvalue weighted by atomic mass is 9.83. The van der Waals surface area contributed by atoms with Crippen LogP contribution >= 0.6 is 22.7 Å². The zero-order valence-corrected chi connectivity index (χ0v) is 39.9. The Bertz CT molecular complexity index is 2670. The molecular weight excluding hydrogens is 893 g/mol. The molecule has 2 aliphatic rings. The topological polar surface area (TPSA) is 217 Å². The summed E-state index contributed by atoms with van der Waals surface area (Å²) in [6.45, 7) is 11.3. The standard InChI is InChI=1S/C49H56N8O8S2/c1-26(2)44(40-14-28(4)54-64-40)48(62)56-22-35(58)17-38(56)46(60)52-19-31-7-12-37(43-21-51-25-67-43)34(16-31)13-27(3)45(41-15-29(5)55-65-41)49(63)57-23-36(59)18-39(57)47(61)53-30(6)32-8-10-33(11-9-32)42-20-50-24-66-42/h7-12,14-16,20-21,24-27,30,35-36,38-39,44-45,58-59H,13,17-19,22-23H2,1-6H3,(H,52,60)(H,53,61)/t27?,30-,35+,36+,38-,39-,44+,45+/m0/s1. The summed E-state index contributed by atoms with van der Waals surface area (Å²) < 4.78 is 11.3. The van der Waals surface area contributed by atoms with Gasteiger partial charge in [-0.05, 0) is 66.8 Å². The maximum Gasteiger partial charge on any atom is 0.243 e. The maximum atomic E-state index is 14.9. The molecule has 0 aliphatic carbocycles. The van der Waals surface area contributed by atoms with Crippen molar-refractivity contribution in [2.75, 3.05) is 13.1 Å². The second-order valence-electron chi connectivity index (χ2n) is 18.2. The zero-order valence-electron chi connectivity index (χ0n) is 38.3. The van der Waals surface area contributed by atoms with Gasteiger partial charge >= 0.3 is 0 Å². The van der Waals surface area contributed by atoms with E-state index in [9.17, 15) is 29.4 Å². The molecule has 4 N–H and O–H groups in total. The van der Waals surface area contributed by atoms with E-state index in [0.29, 0.717) is 29.3 Å². The van der Waals surface area contributed by atoms with Crippen LogP contribution in [0, 0.1) is 25.7 Å². The van der Waals surface area contributed by atoms with Gasteiger partial charge in [0.25, 0.3) is 0 Å². The van der Waals surface area contributed by atoms with E-state index in [2.05, 4.69) is 30.9 Å². The summed E-state index contributed by atoms with van der Waals surface area (Å²) in [7, 11) is 0. The third-order valence-corrected chi connectivity index (χ3v) is 14.4. The van der Waals surface area contributed by atoms with Gasteiger partial charge in [-0.3, -0.25) is 29.1 Å². The smallest absolute Gasteiger partial charge is 0.243 e. The monoisotopic (exact) mass is 948 g/mol. The van der Waals surface area contributed by atoms with Crippen LogP contribution in [0.3, 0.4) is 0 Å². The molecular formula is C49H56N8O8S2. The molecule has 8 rings (SSSR count). The molecule has 352 valence electrons. The van der Waals surface area contributed by atoms with Crippen molar-refractivity contribution in [3.63, 3.8) is 0 Å². The van der Waals surface area contributed by atoms with Gasteiger partial charge in [-0.25, -0.2) is 0 Å². The van der Waals surface area contributed by atoms with Crippen molar-refractivity contribution in [2.24, 2.45) is 11.8 Å². The Balaban J connectivity index is 0.997. The highest BCUT2D eigenvalue weighted by molar-refractivity contribution is 7.13. The maximum absolute atomic E-state index is 14.9. The lowest BCUT2D eigenvalue weighted by Crippen LogP contribution is -2.48. The van der Waals surface area contributed by atoms with Gasteiger partial charge in [-0.1, -0.05) is 73.5 Å². The number of carbonyl (C=O) groups is 4. The summed E-state index contributed by atoms with van der Waals surface area (Å²) in [5.74, 6) is -2.75. The van der Waals surface area contributed by atoms with E-state index in [1.807, 2.05) is 76.4 Å². The quantitative estimate of drug-likeness (QED) is 0.0836. The van der Waals surface area contributed by atoms with Crippen molar-refractivity contribution in [3.8, 4) is 20.9 Å². The minimum atomic E-state index is -0.922. The average Bonchev–Trinajstić information content (AvgIpc) is 4.17. The van der Waals surface area contributed by atoms with Gasteiger partial charge in [0, 0.05) is 57.0 Å². The van der Waals surface area contributed by atoms with Crippen LogP contribution in [-0.4, -0.2) is 101 Å². The molecule has 0 spiro atoms. The average molecular weight is 949 g/mol. The van der Waals surface area contributed by atoms with Gasteiger partial charge in [0.05, 0.1) is 50.4 Å². The van der Waals surface area contributed by atoms with Crippen LogP contribution in [0.2, 0.25) is 0 Å². The molecule has 6 aromatic rings. The van der Waals surface area contributed by atoms with Gasteiger partial charge in [-0.15, -0.1) is 22.7 Å². The van der Waals surface area contributed by atoms with Gasteiger partial charge in [0.15, 0.2) is 0 Å². The highest BCUT2D eigenvalue weighted by atomic mass is 32.1. The first-order chi connectivity index (χ1) is 32.1. The van der Waals surface area contributed by atoms with Gasteiger partial charge in [0.1, 0.15) is 35.4 Å². The molecule has 2 saturated heterocycles. The first kappa shape index (κ1) is 47.4. The number of β-amino-alcohol motifs (C(OH)–C–C–N with tert-alkyl or cyclic N) is 2. The normalized spacial score (nSPS) is 20.2. The number of aromatic nitrogens is 4. The summed E-state index contributed by atoms with van der Waals surface area (Å²) in [5, 5.41) is 35.9. The molecule has 2 aromatic carbocycles. The van der Waals surface area contributed by atoms with E-state index in [4.69, 9.17) is 9.05 Å². The SMILES string of the molecule is Cc1cc([C@H](C(=O)N2C[C@H](O)C[C@H]2C(=O)NCc2ccc(-c3cncs3)c(CC(C)[C@@H](C(=O)N3C[C@H](O)C[C@H]3C(=O)N[C@@H](C)c3ccc(-c4cncs4)cc3)c3cc(C)no3)c2)C(C)C)on1. The molecule has 67 heavy (non-hydrogen) atoms. The molecule has 2 fully saturated rings. The first-order valence-electron chi connectivity index (χ1n) is 22.6. The number of nitrogens with one attached hydrogen (secondary N) is 2. The summed E-state index contributed by atoms with van der Waals surface area (Å²) in [6.07, 6.45) is 2.38. The van der Waals surface area contributed by atoms with E-state index >= 15 is 0 Å². The van der Waals surface area contributed by atoms with E-state index in [0.717, 1.165) is 37.6 Å². The molecule has 0 bridgehead atoms. The summed E-state index contributed by atoms with van der Waals surface area (Å²) in [5.41, 5.74) is 9.26. The van der Waals surface area contributed by atoms with E-state index in [1.54, 1.807) is 54.5 Å². The molecule has 1 unspecified atom stereocenters. The van der Waals surface area contributed by atoms with E-state index < -0.39 is 42.0 Å².